The Morgan fingerprint density at radius 3 is 1.77 bits per heavy atom. The van der Waals surface area contributed by atoms with Crippen molar-refractivity contribution in [2.45, 2.75) is 0 Å². The summed E-state index contributed by atoms with van der Waals surface area (Å²) in [5.74, 6) is 2.99. The van der Waals surface area contributed by atoms with Crippen LogP contribution in [0.1, 0.15) is 5.82 Å². The SMILES string of the molecule is C1=CC(c2nc(-c3ccccc3)cc(-c3ccccc3)n2)=CN2B1c1cc(-c3ccccc3)cc(-c3ccccc3)c1-c1ccc3cccnc3c12. The van der Waals surface area contributed by atoms with E-state index in [0.717, 1.165) is 50.2 Å². The van der Waals surface area contributed by atoms with Gasteiger partial charge in [0, 0.05) is 40.0 Å². The lowest BCUT2D eigenvalue weighted by Gasteiger charge is -2.38. The first-order chi connectivity index (χ1) is 25.8. The quantitative estimate of drug-likeness (QED) is 0.172. The maximum Gasteiger partial charge on any atom is 0.320 e. The lowest BCUT2D eigenvalue weighted by molar-refractivity contribution is 1.13. The average Bonchev–Trinajstić information content (AvgIpc) is 3.24. The van der Waals surface area contributed by atoms with Crippen LogP contribution in [0.5, 0.6) is 0 Å². The summed E-state index contributed by atoms with van der Waals surface area (Å²) >= 11 is 0. The second-order valence-electron chi connectivity index (χ2n) is 13.2. The maximum absolute atomic E-state index is 5.19. The summed E-state index contributed by atoms with van der Waals surface area (Å²) in [7, 11) is 0. The van der Waals surface area contributed by atoms with Gasteiger partial charge in [0.05, 0.1) is 22.6 Å². The van der Waals surface area contributed by atoms with Crippen molar-refractivity contribution in [3.63, 3.8) is 0 Å². The van der Waals surface area contributed by atoms with Gasteiger partial charge >= 0.3 is 6.85 Å². The minimum absolute atomic E-state index is 0.0733. The van der Waals surface area contributed by atoms with E-state index in [1.165, 1.54) is 33.3 Å². The van der Waals surface area contributed by atoms with Gasteiger partial charge in [-0.05, 0) is 51.5 Å². The summed E-state index contributed by atoms with van der Waals surface area (Å²) < 4.78 is 0. The minimum Gasteiger partial charge on any atom is -0.381 e. The average molecular weight is 663 g/mol. The predicted molar refractivity (Wildman–Crippen MR) is 216 cm³/mol. The van der Waals surface area contributed by atoms with Crippen molar-refractivity contribution in [1.82, 2.24) is 15.0 Å². The number of hydrogen-bond acceptors (Lipinski definition) is 4. The van der Waals surface area contributed by atoms with Gasteiger partial charge < -0.3 is 4.81 Å². The second-order valence-corrected chi connectivity index (χ2v) is 13.2. The number of benzene rings is 6. The molecule has 0 radical (unpaired) electrons. The van der Waals surface area contributed by atoms with Gasteiger partial charge in [0.2, 0.25) is 0 Å². The summed E-state index contributed by atoms with van der Waals surface area (Å²) in [5, 5.41) is 1.10. The number of hydrogen-bond donors (Lipinski definition) is 0. The fraction of sp³-hybridized carbons (Fsp3) is 0. The molecule has 6 aromatic carbocycles. The molecule has 0 bridgehead atoms. The van der Waals surface area contributed by atoms with Crippen molar-refractivity contribution in [1.29, 1.82) is 0 Å². The van der Waals surface area contributed by atoms with Crippen LogP contribution in [-0.2, 0) is 0 Å². The minimum atomic E-state index is -0.0733. The molecular formula is C47H31BN4. The molecule has 242 valence electrons. The van der Waals surface area contributed by atoms with Gasteiger partial charge in [0.25, 0.3) is 0 Å². The second kappa shape index (κ2) is 12.5. The Hall–Kier alpha value is -6.85. The molecule has 0 atom stereocenters. The lowest BCUT2D eigenvalue weighted by Crippen LogP contribution is -2.49. The standard InChI is InChI=1S/C47H31BN4/c1-5-14-32(15-6-1)38-28-40(33-16-7-2-8-17-33)44-39-24-23-36-22-13-27-49-45(36)46(39)52-31-37(25-26-48(52)41(44)29-38)47-50-42(34-18-9-3-10-19-34)30-43(51-47)35-20-11-4-12-21-35/h1-31H. The van der Waals surface area contributed by atoms with Crippen molar-refractivity contribution in [2.24, 2.45) is 0 Å². The van der Waals surface area contributed by atoms with Crippen molar-refractivity contribution < 1.29 is 0 Å². The fourth-order valence-corrected chi connectivity index (χ4v) is 7.67. The van der Waals surface area contributed by atoms with Crippen molar-refractivity contribution >= 4 is 34.5 Å². The van der Waals surface area contributed by atoms with Crippen LogP contribution >= 0.6 is 0 Å². The molecule has 2 aliphatic rings. The molecule has 52 heavy (non-hydrogen) atoms. The maximum atomic E-state index is 5.19. The Kier molecular flexibility index (Phi) is 7.21. The van der Waals surface area contributed by atoms with E-state index >= 15 is 0 Å². The van der Waals surface area contributed by atoms with Gasteiger partial charge in [-0.2, -0.15) is 0 Å². The van der Waals surface area contributed by atoms with E-state index in [9.17, 15) is 0 Å². The Morgan fingerprint density at radius 1 is 0.500 bits per heavy atom. The first-order valence-corrected chi connectivity index (χ1v) is 17.6. The summed E-state index contributed by atoms with van der Waals surface area (Å²) in [4.78, 5) is 17.8. The molecule has 2 aliphatic heterocycles. The Bertz CT molecular complexity index is 2620. The zero-order chi connectivity index (χ0) is 34.4. The Morgan fingerprint density at radius 2 is 1.12 bits per heavy atom. The van der Waals surface area contributed by atoms with E-state index in [2.05, 4.69) is 169 Å². The molecule has 2 aromatic heterocycles. The van der Waals surface area contributed by atoms with Gasteiger partial charge in [0.1, 0.15) is 0 Å². The predicted octanol–water partition coefficient (Wildman–Crippen LogP) is 10.5. The highest BCUT2D eigenvalue weighted by molar-refractivity contribution is 6.84. The van der Waals surface area contributed by atoms with Crippen LogP contribution in [0.4, 0.5) is 5.69 Å². The van der Waals surface area contributed by atoms with Crippen LogP contribution in [0.25, 0.3) is 72.4 Å². The van der Waals surface area contributed by atoms with E-state index in [4.69, 9.17) is 15.0 Å². The lowest BCUT2D eigenvalue weighted by atomic mass is 9.48. The van der Waals surface area contributed by atoms with E-state index in [0.29, 0.717) is 5.82 Å². The highest BCUT2D eigenvalue weighted by Crippen LogP contribution is 2.46. The summed E-state index contributed by atoms with van der Waals surface area (Å²) in [6.07, 6.45) is 6.33. The molecule has 0 saturated carbocycles. The smallest absolute Gasteiger partial charge is 0.320 e. The van der Waals surface area contributed by atoms with Crippen LogP contribution in [0.3, 0.4) is 0 Å². The molecule has 0 N–H and O–H groups in total. The molecule has 0 spiro atoms. The molecule has 0 amide bonds. The highest BCUT2D eigenvalue weighted by atomic mass is 15.1. The molecule has 5 heteroatoms. The van der Waals surface area contributed by atoms with Gasteiger partial charge in [-0.25, -0.2) is 9.97 Å². The highest BCUT2D eigenvalue weighted by Gasteiger charge is 2.38. The van der Waals surface area contributed by atoms with E-state index in [1.54, 1.807) is 0 Å². The molecule has 10 rings (SSSR count). The zero-order valence-electron chi connectivity index (χ0n) is 28.3. The van der Waals surface area contributed by atoms with Crippen molar-refractivity contribution in [3.05, 3.63) is 194 Å². The Balaban J connectivity index is 1.22. The van der Waals surface area contributed by atoms with Crippen molar-refractivity contribution in [2.75, 3.05) is 4.81 Å². The van der Waals surface area contributed by atoms with Crippen LogP contribution < -0.4 is 10.3 Å². The number of fused-ring (bicyclic) bond motifs is 8. The third-order valence-electron chi connectivity index (χ3n) is 10.1. The molecule has 4 nitrogen and oxygen atoms in total. The van der Waals surface area contributed by atoms with Crippen LogP contribution in [0.15, 0.2) is 188 Å². The van der Waals surface area contributed by atoms with Crippen LogP contribution in [0.2, 0.25) is 0 Å². The molecule has 0 unspecified atom stereocenters. The monoisotopic (exact) mass is 662 g/mol. The van der Waals surface area contributed by atoms with Crippen LogP contribution in [-0.4, -0.2) is 21.8 Å². The number of aromatic nitrogens is 3. The molecule has 4 heterocycles. The van der Waals surface area contributed by atoms with E-state index in [-0.39, 0.29) is 6.85 Å². The van der Waals surface area contributed by atoms with E-state index < -0.39 is 0 Å². The molecule has 0 aliphatic carbocycles. The van der Waals surface area contributed by atoms with Crippen LogP contribution in [0, 0.1) is 0 Å². The number of rotatable bonds is 5. The topological polar surface area (TPSA) is 41.9 Å². The largest absolute Gasteiger partial charge is 0.381 e. The van der Waals surface area contributed by atoms with Crippen molar-refractivity contribution in [3.8, 4) is 55.9 Å². The molecule has 8 aromatic rings. The third kappa shape index (κ3) is 5.14. The number of nitrogens with zero attached hydrogens (tertiary/aromatic N) is 4. The summed E-state index contributed by atoms with van der Waals surface area (Å²) in [6.45, 7) is -0.0733. The fourth-order valence-electron chi connectivity index (χ4n) is 7.67. The normalized spacial score (nSPS) is 13.0. The zero-order valence-corrected chi connectivity index (χ0v) is 28.3. The summed E-state index contributed by atoms with van der Waals surface area (Å²) in [5.41, 5.74) is 15.3. The number of pyridine rings is 1. The third-order valence-corrected chi connectivity index (χ3v) is 10.1. The van der Waals surface area contributed by atoms with Gasteiger partial charge in [-0.1, -0.05) is 158 Å². The molecular weight excluding hydrogens is 631 g/mol. The number of anilines is 1. The van der Waals surface area contributed by atoms with Gasteiger partial charge in [-0.3, -0.25) is 4.98 Å². The summed E-state index contributed by atoms with van der Waals surface area (Å²) in [6, 6.07) is 57.6. The molecule has 0 saturated heterocycles. The number of allylic oxidation sites excluding steroid dienone is 2. The van der Waals surface area contributed by atoms with Gasteiger partial charge in [-0.15, -0.1) is 0 Å². The van der Waals surface area contributed by atoms with E-state index in [1.807, 2.05) is 24.4 Å². The van der Waals surface area contributed by atoms with Gasteiger partial charge in [0.15, 0.2) is 5.82 Å². The Labute approximate surface area is 303 Å². The first kappa shape index (κ1) is 30.0. The first-order valence-electron chi connectivity index (χ1n) is 17.6. The molecule has 0 fully saturated rings.